The fourth-order valence-electron chi connectivity index (χ4n) is 4.06. The summed E-state index contributed by atoms with van der Waals surface area (Å²) in [7, 11) is 3.94. The number of halogens is 1. The number of ether oxygens (including phenoxy) is 1. The summed E-state index contributed by atoms with van der Waals surface area (Å²) >= 11 is 0. The van der Waals surface area contributed by atoms with Gasteiger partial charge in [0.15, 0.2) is 5.96 Å². The molecule has 0 spiro atoms. The fraction of sp³-hybridized carbons (Fsp3) is 0.458. The zero-order valence-corrected chi connectivity index (χ0v) is 20.5. The van der Waals surface area contributed by atoms with Gasteiger partial charge in [0.2, 0.25) is 0 Å². The summed E-state index contributed by atoms with van der Waals surface area (Å²) in [5.41, 5.74) is 10.7. The average Bonchev–Trinajstić information content (AvgIpc) is 2.75. The first-order valence-electron chi connectivity index (χ1n) is 10.6. The molecular formula is C24H35IN4O. The van der Waals surface area contributed by atoms with E-state index in [-0.39, 0.29) is 24.0 Å². The van der Waals surface area contributed by atoms with Gasteiger partial charge >= 0.3 is 0 Å². The third-order valence-corrected chi connectivity index (χ3v) is 5.74. The minimum Gasteiger partial charge on any atom is -0.380 e. The highest BCUT2D eigenvalue weighted by Crippen LogP contribution is 2.24. The van der Waals surface area contributed by atoms with E-state index in [4.69, 9.17) is 10.5 Å². The van der Waals surface area contributed by atoms with E-state index in [9.17, 15) is 0 Å². The average molecular weight is 522 g/mol. The van der Waals surface area contributed by atoms with Crippen LogP contribution in [-0.2, 0) is 24.4 Å². The SMILES string of the molecule is COCc1ccccc1NC(N)=NCc1ccccc1CN(C)C1CCCCC1.I. The molecule has 1 saturated carbocycles. The largest absolute Gasteiger partial charge is 0.380 e. The van der Waals surface area contributed by atoms with Crippen LogP contribution in [0, 0.1) is 0 Å². The van der Waals surface area contributed by atoms with E-state index in [1.165, 1.54) is 43.2 Å². The van der Waals surface area contributed by atoms with Gasteiger partial charge in [-0.15, -0.1) is 24.0 Å². The van der Waals surface area contributed by atoms with Gasteiger partial charge in [-0.05, 0) is 37.1 Å². The third kappa shape index (κ3) is 7.25. The number of hydrogen-bond donors (Lipinski definition) is 2. The molecule has 30 heavy (non-hydrogen) atoms. The van der Waals surface area contributed by atoms with Crippen molar-refractivity contribution in [3.05, 3.63) is 65.2 Å². The third-order valence-electron chi connectivity index (χ3n) is 5.74. The van der Waals surface area contributed by atoms with Gasteiger partial charge < -0.3 is 15.8 Å². The Morgan fingerprint density at radius 2 is 1.67 bits per heavy atom. The maximum atomic E-state index is 6.17. The van der Waals surface area contributed by atoms with Crippen molar-refractivity contribution in [2.45, 2.75) is 57.8 Å². The quantitative estimate of drug-likeness (QED) is 0.286. The van der Waals surface area contributed by atoms with Gasteiger partial charge in [-0.25, -0.2) is 4.99 Å². The topological polar surface area (TPSA) is 62.9 Å². The monoisotopic (exact) mass is 522 g/mol. The van der Waals surface area contributed by atoms with E-state index in [0.29, 0.717) is 25.2 Å². The maximum absolute atomic E-state index is 6.17. The predicted molar refractivity (Wildman–Crippen MR) is 136 cm³/mol. The van der Waals surface area contributed by atoms with Crippen LogP contribution in [-0.4, -0.2) is 31.1 Å². The standard InChI is InChI=1S/C24H34N4O.HI/c1-28(22-13-4-3-5-14-22)17-20-11-7-6-10-19(20)16-26-24(25)27-23-15-9-8-12-21(23)18-29-2;/h6-12,15,22H,3-5,13-14,16-18H2,1-2H3,(H3,25,26,27);1H. The minimum absolute atomic E-state index is 0. The summed E-state index contributed by atoms with van der Waals surface area (Å²) in [4.78, 5) is 7.10. The molecule has 0 atom stereocenters. The van der Waals surface area contributed by atoms with Crippen molar-refractivity contribution < 1.29 is 4.74 Å². The number of nitrogens with one attached hydrogen (secondary N) is 1. The number of guanidine groups is 1. The molecule has 3 N–H and O–H groups in total. The second-order valence-corrected chi connectivity index (χ2v) is 7.89. The summed E-state index contributed by atoms with van der Waals surface area (Å²) in [5.74, 6) is 0.420. The Hall–Kier alpha value is -1.64. The van der Waals surface area contributed by atoms with Crippen LogP contribution >= 0.6 is 24.0 Å². The van der Waals surface area contributed by atoms with Crippen molar-refractivity contribution in [3.8, 4) is 0 Å². The van der Waals surface area contributed by atoms with Crippen molar-refractivity contribution in [3.63, 3.8) is 0 Å². The number of anilines is 1. The van der Waals surface area contributed by atoms with Crippen molar-refractivity contribution in [2.24, 2.45) is 10.7 Å². The van der Waals surface area contributed by atoms with E-state index >= 15 is 0 Å². The van der Waals surface area contributed by atoms with E-state index in [1.54, 1.807) is 7.11 Å². The molecule has 2 aromatic rings. The van der Waals surface area contributed by atoms with Gasteiger partial charge in [0, 0.05) is 30.9 Å². The lowest BCUT2D eigenvalue weighted by atomic mass is 9.94. The highest BCUT2D eigenvalue weighted by molar-refractivity contribution is 14.0. The Labute approximate surface area is 198 Å². The second kappa shape index (κ2) is 12.9. The Morgan fingerprint density at radius 3 is 2.37 bits per heavy atom. The number of methoxy groups -OCH3 is 1. The van der Waals surface area contributed by atoms with Gasteiger partial charge in [-0.3, -0.25) is 4.90 Å². The molecule has 0 bridgehead atoms. The first-order chi connectivity index (χ1) is 14.2. The van der Waals surface area contributed by atoms with Gasteiger partial charge in [-0.1, -0.05) is 61.7 Å². The van der Waals surface area contributed by atoms with Crippen LogP contribution < -0.4 is 11.1 Å². The number of hydrogen-bond acceptors (Lipinski definition) is 3. The number of nitrogens with two attached hydrogens (primary N) is 1. The number of rotatable bonds is 8. The highest BCUT2D eigenvalue weighted by Gasteiger charge is 2.18. The lowest BCUT2D eigenvalue weighted by Crippen LogP contribution is -2.33. The number of nitrogens with zero attached hydrogens (tertiary/aromatic N) is 2. The van der Waals surface area contributed by atoms with Gasteiger partial charge in [0.05, 0.1) is 13.2 Å². The van der Waals surface area contributed by atoms with Crippen molar-refractivity contribution in [2.75, 3.05) is 19.5 Å². The van der Waals surface area contributed by atoms with E-state index in [0.717, 1.165) is 17.8 Å². The van der Waals surface area contributed by atoms with Crippen LogP contribution in [0.2, 0.25) is 0 Å². The van der Waals surface area contributed by atoms with E-state index in [1.807, 2.05) is 24.3 Å². The zero-order chi connectivity index (χ0) is 20.5. The summed E-state index contributed by atoms with van der Waals surface area (Å²) < 4.78 is 5.26. The van der Waals surface area contributed by atoms with Crippen molar-refractivity contribution in [1.29, 1.82) is 0 Å². The predicted octanol–water partition coefficient (Wildman–Crippen LogP) is 5.14. The molecule has 1 aliphatic rings. The Kier molecular flexibility index (Phi) is 10.6. The van der Waals surface area contributed by atoms with E-state index in [2.05, 4.69) is 46.5 Å². The molecule has 0 heterocycles. The van der Waals surface area contributed by atoms with Crippen LogP contribution in [0.5, 0.6) is 0 Å². The Morgan fingerprint density at radius 1 is 1.03 bits per heavy atom. The molecule has 1 fully saturated rings. The maximum Gasteiger partial charge on any atom is 0.193 e. The second-order valence-electron chi connectivity index (χ2n) is 7.89. The van der Waals surface area contributed by atoms with E-state index < -0.39 is 0 Å². The molecule has 3 rings (SSSR count). The summed E-state index contributed by atoms with van der Waals surface area (Å²) in [6.45, 7) is 2.06. The van der Waals surface area contributed by atoms with Gasteiger partial charge in [-0.2, -0.15) is 0 Å². The Bertz CT molecular complexity index is 805. The van der Waals surface area contributed by atoms with Crippen LogP contribution in [0.4, 0.5) is 5.69 Å². The molecule has 0 aromatic heterocycles. The van der Waals surface area contributed by atoms with Crippen LogP contribution in [0.1, 0.15) is 48.8 Å². The molecule has 0 unspecified atom stereocenters. The number of aliphatic imine (C=N–C) groups is 1. The molecule has 164 valence electrons. The molecule has 2 aromatic carbocycles. The summed E-state index contributed by atoms with van der Waals surface area (Å²) in [6, 6.07) is 17.2. The number of para-hydroxylation sites is 1. The van der Waals surface area contributed by atoms with Crippen molar-refractivity contribution in [1.82, 2.24) is 4.90 Å². The van der Waals surface area contributed by atoms with Crippen molar-refractivity contribution >= 4 is 35.6 Å². The summed E-state index contributed by atoms with van der Waals surface area (Å²) in [5, 5.41) is 3.21. The Balaban J connectivity index is 0.00000320. The lowest BCUT2D eigenvalue weighted by Gasteiger charge is -2.31. The van der Waals surface area contributed by atoms with Crippen LogP contribution in [0.3, 0.4) is 0 Å². The smallest absolute Gasteiger partial charge is 0.193 e. The lowest BCUT2D eigenvalue weighted by molar-refractivity contribution is 0.184. The minimum atomic E-state index is 0. The molecule has 0 amide bonds. The molecule has 1 aliphatic carbocycles. The highest BCUT2D eigenvalue weighted by atomic mass is 127. The zero-order valence-electron chi connectivity index (χ0n) is 18.1. The van der Waals surface area contributed by atoms with Crippen LogP contribution in [0.15, 0.2) is 53.5 Å². The molecule has 0 radical (unpaired) electrons. The molecule has 5 nitrogen and oxygen atoms in total. The number of benzene rings is 2. The first kappa shape index (κ1) is 24.6. The normalized spacial score (nSPS) is 15.1. The first-order valence-corrected chi connectivity index (χ1v) is 10.6. The summed E-state index contributed by atoms with van der Waals surface area (Å²) in [6.07, 6.45) is 6.72. The van der Waals surface area contributed by atoms with Gasteiger partial charge in [0.1, 0.15) is 0 Å². The molecule has 0 saturated heterocycles. The fourth-order valence-corrected chi connectivity index (χ4v) is 4.06. The van der Waals surface area contributed by atoms with Crippen LogP contribution in [0.25, 0.3) is 0 Å². The molecule has 6 heteroatoms. The van der Waals surface area contributed by atoms with Gasteiger partial charge in [0.25, 0.3) is 0 Å². The molecular weight excluding hydrogens is 487 g/mol. The molecule has 0 aliphatic heterocycles.